The molecule has 30 heavy (non-hydrogen) atoms. The molecule has 0 aromatic carbocycles. The zero-order valence-electron chi connectivity index (χ0n) is 16.3. The number of hydrogen-bond acceptors (Lipinski definition) is 5. The standard InChI is InChI=1S/C21H21N7O2/c29-20(18-12-17-5-1-2-10-27(17)24-18)23-16-6-7-19-25-28(21(30)26(19)11-8-16)14-15-4-3-9-22-13-15/h1-5,9-10,12-13,16H,6-8,11,14H2,(H,23,29). The van der Waals surface area contributed by atoms with Gasteiger partial charge in [-0.25, -0.2) is 14.0 Å². The van der Waals surface area contributed by atoms with E-state index in [1.807, 2.05) is 36.5 Å². The van der Waals surface area contributed by atoms with Gasteiger partial charge in [0.15, 0.2) is 5.69 Å². The molecule has 4 aromatic rings. The second-order valence-corrected chi connectivity index (χ2v) is 7.47. The molecule has 0 saturated heterocycles. The molecular weight excluding hydrogens is 382 g/mol. The van der Waals surface area contributed by atoms with Crippen molar-refractivity contribution in [2.45, 2.75) is 38.4 Å². The quantitative estimate of drug-likeness (QED) is 0.553. The molecule has 152 valence electrons. The molecule has 5 heterocycles. The van der Waals surface area contributed by atoms with Crippen molar-refractivity contribution in [1.29, 1.82) is 0 Å². The topological polar surface area (TPSA) is 99.1 Å². The molecule has 1 aliphatic rings. The van der Waals surface area contributed by atoms with Crippen LogP contribution < -0.4 is 11.0 Å². The lowest BCUT2D eigenvalue weighted by molar-refractivity contribution is 0.0927. The normalized spacial score (nSPS) is 16.2. The van der Waals surface area contributed by atoms with E-state index >= 15 is 0 Å². The van der Waals surface area contributed by atoms with Crippen LogP contribution in [0.1, 0.15) is 34.7 Å². The third-order valence-corrected chi connectivity index (χ3v) is 5.41. The summed E-state index contributed by atoms with van der Waals surface area (Å²) in [5.41, 5.74) is 2.08. The SMILES string of the molecule is O=C(NC1CCc2nn(Cc3cccnc3)c(=O)n2CC1)c1cc2ccccn2n1. The van der Waals surface area contributed by atoms with Crippen LogP contribution >= 0.6 is 0 Å². The van der Waals surface area contributed by atoms with Gasteiger partial charge in [0, 0.05) is 37.6 Å². The number of rotatable bonds is 4. The molecule has 0 bridgehead atoms. The van der Waals surface area contributed by atoms with Crippen LogP contribution in [0.4, 0.5) is 0 Å². The van der Waals surface area contributed by atoms with Crippen LogP contribution in [0.25, 0.3) is 5.52 Å². The highest BCUT2D eigenvalue weighted by molar-refractivity contribution is 5.93. The number of nitrogens with zero attached hydrogens (tertiary/aromatic N) is 6. The number of hydrogen-bond donors (Lipinski definition) is 1. The number of carbonyl (C=O) groups excluding carboxylic acids is 1. The third kappa shape index (κ3) is 3.49. The molecule has 0 fully saturated rings. The van der Waals surface area contributed by atoms with Crippen LogP contribution in [-0.2, 0) is 19.5 Å². The summed E-state index contributed by atoms with van der Waals surface area (Å²) < 4.78 is 4.89. The maximum absolute atomic E-state index is 12.8. The van der Waals surface area contributed by atoms with E-state index in [0.29, 0.717) is 31.6 Å². The second-order valence-electron chi connectivity index (χ2n) is 7.47. The number of amides is 1. The first-order valence-electron chi connectivity index (χ1n) is 9.98. The molecule has 4 aromatic heterocycles. The minimum absolute atomic E-state index is 0.0322. The molecule has 1 amide bonds. The highest BCUT2D eigenvalue weighted by atomic mass is 16.2. The lowest BCUT2D eigenvalue weighted by atomic mass is 10.1. The zero-order valence-corrected chi connectivity index (χ0v) is 16.3. The van der Waals surface area contributed by atoms with Crippen molar-refractivity contribution in [1.82, 2.24) is 34.3 Å². The largest absolute Gasteiger partial charge is 0.348 e. The highest BCUT2D eigenvalue weighted by Crippen LogP contribution is 2.14. The van der Waals surface area contributed by atoms with E-state index in [1.165, 1.54) is 4.68 Å². The molecule has 1 unspecified atom stereocenters. The van der Waals surface area contributed by atoms with Crippen LogP contribution in [0.15, 0.2) is 59.8 Å². The van der Waals surface area contributed by atoms with Crippen molar-refractivity contribution >= 4 is 11.4 Å². The highest BCUT2D eigenvalue weighted by Gasteiger charge is 2.23. The Morgan fingerprint density at radius 3 is 2.93 bits per heavy atom. The fraction of sp³-hybridized carbons (Fsp3) is 0.286. The number of carbonyl (C=O) groups is 1. The Morgan fingerprint density at radius 2 is 2.10 bits per heavy atom. The van der Waals surface area contributed by atoms with Gasteiger partial charge in [-0.3, -0.25) is 14.3 Å². The Balaban J connectivity index is 1.27. The fourth-order valence-electron chi connectivity index (χ4n) is 3.85. The number of aromatic nitrogens is 6. The van der Waals surface area contributed by atoms with Crippen LogP contribution in [0, 0.1) is 0 Å². The molecule has 1 aliphatic heterocycles. The summed E-state index contributed by atoms with van der Waals surface area (Å²) >= 11 is 0. The lowest BCUT2D eigenvalue weighted by Gasteiger charge is -2.15. The number of aryl methyl sites for hydroxylation is 1. The van der Waals surface area contributed by atoms with Gasteiger partial charge in [-0.05, 0) is 42.7 Å². The number of nitrogens with one attached hydrogen (secondary N) is 1. The molecule has 0 saturated carbocycles. The number of pyridine rings is 2. The van der Waals surface area contributed by atoms with Crippen molar-refractivity contribution < 1.29 is 4.79 Å². The van der Waals surface area contributed by atoms with Gasteiger partial charge in [-0.15, -0.1) is 0 Å². The second kappa shape index (κ2) is 7.58. The minimum atomic E-state index is -0.197. The Kier molecular flexibility index (Phi) is 4.62. The first-order valence-corrected chi connectivity index (χ1v) is 9.98. The molecule has 0 radical (unpaired) electrons. The Morgan fingerprint density at radius 1 is 1.17 bits per heavy atom. The summed E-state index contributed by atoms with van der Waals surface area (Å²) in [6.07, 6.45) is 7.28. The fourth-order valence-corrected chi connectivity index (χ4v) is 3.85. The van der Waals surface area contributed by atoms with Crippen molar-refractivity contribution in [2.75, 3.05) is 0 Å². The third-order valence-electron chi connectivity index (χ3n) is 5.41. The molecule has 5 rings (SSSR count). The molecular formula is C21H21N7O2. The Labute approximate surface area is 172 Å². The maximum atomic E-state index is 12.8. The average molecular weight is 403 g/mol. The van der Waals surface area contributed by atoms with Gasteiger partial charge < -0.3 is 5.32 Å². The van der Waals surface area contributed by atoms with E-state index in [1.54, 1.807) is 27.5 Å². The van der Waals surface area contributed by atoms with E-state index in [-0.39, 0.29) is 17.6 Å². The lowest BCUT2D eigenvalue weighted by Crippen LogP contribution is -2.36. The van der Waals surface area contributed by atoms with Crippen molar-refractivity contribution in [2.24, 2.45) is 0 Å². The van der Waals surface area contributed by atoms with Crippen LogP contribution in [0.5, 0.6) is 0 Å². The molecule has 9 nitrogen and oxygen atoms in total. The predicted octanol–water partition coefficient (Wildman–Crippen LogP) is 1.27. The van der Waals surface area contributed by atoms with E-state index in [4.69, 9.17) is 0 Å². The predicted molar refractivity (Wildman–Crippen MR) is 109 cm³/mol. The van der Waals surface area contributed by atoms with Crippen molar-refractivity contribution in [3.05, 3.63) is 82.6 Å². The first kappa shape index (κ1) is 18.3. The van der Waals surface area contributed by atoms with Crippen LogP contribution in [0.2, 0.25) is 0 Å². The summed E-state index contributed by atoms with van der Waals surface area (Å²) in [6, 6.07) is 11.2. The van der Waals surface area contributed by atoms with Crippen LogP contribution in [-0.4, -0.2) is 40.9 Å². The Bertz CT molecular complexity index is 1220. The molecule has 9 heteroatoms. The summed E-state index contributed by atoms with van der Waals surface area (Å²) in [7, 11) is 0. The first-order chi connectivity index (χ1) is 14.7. The smallest absolute Gasteiger partial charge is 0.346 e. The van der Waals surface area contributed by atoms with Gasteiger partial charge in [-0.1, -0.05) is 12.1 Å². The van der Waals surface area contributed by atoms with Gasteiger partial charge in [0.25, 0.3) is 5.91 Å². The van der Waals surface area contributed by atoms with Crippen molar-refractivity contribution in [3.8, 4) is 0 Å². The van der Waals surface area contributed by atoms with Gasteiger partial charge in [-0.2, -0.15) is 10.2 Å². The van der Waals surface area contributed by atoms with E-state index < -0.39 is 0 Å². The van der Waals surface area contributed by atoms with Gasteiger partial charge in [0.2, 0.25) is 0 Å². The van der Waals surface area contributed by atoms with Crippen LogP contribution in [0.3, 0.4) is 0 Å². The maximum Gasteiger partial charge on any atom is 0.346 e. The van der Waals surface area contributed by atoms with E-state index in [9.17, 15) is 9.59 Å². The van der Waals surface area contributed by atoms with Gasteiger partial charge in [0.1, 0.15) is 5.82 Å². The summed E-state index contributed by atoms with van der Waals surface area (Å²) in [5, 5.41) is 11.9. The molecule has 1 atom stereocenters. The summed E-state index contributed by atoms with van der Waals surface area (Å²) in [6.45, 7) is 0.929. The van der Waals surface area contributed by atoms with Gasteiger partial charge in [0.05, 0.1) is 12.1 Å². The average Bonchev–Trinajstić information content (AvgIpc) is 3.26. The zero-order chi connectivity index (χ0) is 20.5. The van der Waals surface area contributed by atoms with Gasteiger partial charge >= 0.3 is 5.69 Å². The molecule has 1 N–H and O–H groups in total. The summed E-state index contributed by atoms with van der Waals surface area (Å²) in [4.78, 5) is 29.5. The minimum Gasteiger partial charge on any atom is -0.348 e. The monoisotopic (exact) mass is 403 g/mol. The molecule has 0 aliphatic carbocycles. The van der Waals surface area contributed by atoms with E-state index in [2.05, 4.69) is 20.5 Å². The Hall–Kier alpha value is -3.75. The number of fused-ring (bicyclic) bond motifs is 2. The van der Waals surface area contributed by atoms with Crippen molar-refractivity contribution in [3.63, 3.8) is 0 Å². The molecule has 0 spiro atoms. The van der Waals surface area contributed by atoms with E-state index in [0.717, 1.165) is 23.3 Å². The summed E-state index contributed by atoms with van der Waals surface area (Å²) in [5.74, 6) is 0.561.